The van der Waals surface area contributed by atoms with Gasteiger partial charge in [-0.15, -0.1) is 0 Å². The van der Waals surface area contributed by atoms with Gasteiger partial charge in [0.1, 0.15) is 0 Å². The van der Waals surface area contributed by atoms with E-state index >= 15 is 0 Å². The lowest BCUT2D eigenvalue weighted by Crippen LogP contribution is -2.40. The van der Waals surface area contributed by atoms with Crippen LogP contribution in [0, 0.1) is 0 Å². The third-order valence-electron chi connectivity index (χ3n) is 3.62. The van der Waals surface area contributed by atoms with Crippen molar-refractivity contribution in [3.63, 3.8) is 0 Å². The van der Waals surface area contributed by atoms with Gasteiger partial charge in [-0.05, 0) is 40.2 Å². The monoisotopic (exact) mass is 293 g/mol. The smallest absolute Gasteiger partial charge is 0.330 e. The molecule has 0 spiro atoms. The average molecular weight is 293 g/mol. The van der Waals surface area contributed by atoms with Crippen molar-refractivity contribution in [3.05, 3.63) is 27.2 Å². The zero-order valence-corrected chi connectivity index (χ0v) is 12.9. The van der Waals surface area contributed by atoms with Crippen LogP contribution < -0.4 is 17.0 Å². The maximum Gasteiger partial charge on any atom is 0.332 e. The van der Waals surface area contributed by atoms with Crippen molar-refractivity contribution >= 4 is 11.2 Å². The summed E-state index contributed by atoms with van der Waals surface area (Å²) in [6.07, 6.45) is 3.42. The van der Waals surface area contributed by atoms with Crippen LogP contribution in [0.4, 0.5) is 0 Å². The molecule has 0 aromatic carbocycles. The molecule has 0 bridgehead atoms. The summed E-state index contributed by atoms with van der Waals surface area (Å²) >= 11 is 0. The first-order chi connectivity index (χ1) is 10.0. The van der Waals surface area contributed by atoms with E-state index in [2.05, 4.69) is 4.98 Å². The lowest BCUT2D eigenvalue weighted by Gasteiger charge is -2.14. The van der Waals surface area contributed by atoms with E-state index in [0.29, 0.717) is 30.8 Å². The molecule has 2 heterocycles. The van der Waals surface area contributed by atoms with Gasteiger partial charge in [0.2, 0.25) is 0 Å². The van der Waals surface area contributed by atoms with Crippen molar-refractivity contribution < 1.29 is 0 Å². The van der Waals surface area contributed by atoms with E-state index in [-0.39, 0.29) is 17.3 Å². The van der Waals surface area contributed by atoms with Crippen LogP contribution in [0.2, 0.25) is 0 Å². The molecule has 0 saturated carbocycles. The second-order valence-corrected chi connectivity index (χ2v) is 5.40. The first-order valence-corrected chi connectivity index (χ1v) is 7.43. The van der Waals surface area contributed by atoms with E-state index in [1.54, 1.807) is 17.8 Å². The number of imidazole rings is 1. The number of aromatic nitrogens is 4. The third kappa shape index (κ3) is 2.65. The Hall–Kier alpha value is -1.89. The van der Waals surface area contributed by atoms with E-state index in [9.17, 15) is 9.59 Å². The van der Waals surface area contributed by atoms with Crippen molar-refractivity contribution in [1.82, 2.24) is 18.7 Å². The minimum Gasteiger partial charge on any atom is -0.330 e. The first-order valence-electron chi connectivity index (χ1n) is 7.43. The molecule has 0 aliphatic heterocycles. The number of hydrogen-bond donors (Lipinski definition) is 1. The summed E-state index contributed by atoms with van der Waals surface area (Å²) in [5.74, 6) is 0. The highest BCUT2D eigenvalue weighted by molar-refractivity contribution is 5.70. The molecule has 2 N–H and O–H groups in total. The van der Waals surface area contributed by atoms with Crippen LogP contribution in [-0.4, -0.2) is 25.2 Å². The van der Waals surface area contributed by atoms with Gasteiger partial charge in [0.25, 0.3) is 5.56 Å². The molecule has 0 aliphatic rings. The molecule has 0 atom stereocenters. The highest BCUT2D eigenvalue weighted by atomic mass is 16.2. The normalized spacial score (nSPS) is 11.7. The van der Waals surface area contributed by atoms with Crippen LogP contribution in [0.1, 0.15) is 39.7 Å². The maximum absolute atomic E-state index is 12.5. The molecule has 0 saturated heterocycles. The van der Waals surface area contributed by atoms with Crippen molar-refractivity contribution in [2.24, 2.45) is 5.73 Å². The van der Waals surface area contributed by atoms with Crippen LogP contribution in [0.25, 0.3) is 11.2 Å². The summed E-state index contributed by atoms with van der Waals surface area (Å²) in [5.41, 5.74) is 5.92. The zero-order valence-electron chi connectivity index (χ0n) is 12.9. The van der Waals surface area contributed by atoms with E-state index in [4.69, 9.17) is 5.73 Å². The molecule has 0 aliphatic carbocycles. The van der Waals surface area contributed by atoms with Gasteiger partial charge in [0.05, 0.1) is 6.33 Å². The molecule has 7 nitrogen and oxygen atoms in total. The Morgan fingerprint density at radius 3 is 2.57 bits per heavy atom. The lowest BCUT2D eigenvalue weighted by atomic mass is 10.3. The molecule has 21 heavy (non-hydrogen) atoms. The van der Waals surface area contributed by atoms with Crippen LogP contribution in [0.15, 0.2) is 15.9 Å². The Bertz CT molecular complexity index is 738. The summed E-state index contributed by atoms with van der Waals surface area (Å²) < 4.78 is 4.68. The Morgan fingerprint density at radius 2 is 2.00 bits per heavy atom. The molecular weight excluding hydrogens is 270 g/mol. The molecule has 2 rings (SSSR count). The number of rotatable bonds is 6. The Morgan fingerprint density at radius 1 is 1.29 bits per heavy atom. The topological polar surface area (TPSA) is 87.8 Å². The molecule has 2 aromatic heterocycles. The summed E-state index contributed by atoms with van der Waals surface area (Å²) in [6.45, 7) is 7.30. The summed E-state index contributed by atoms with van der Waals surface area (Å²) in [7, 11) is 0. The van der Waals surface area contributed by atoms with Gasteiger partial charge in [0.15, 0.2) is 11.2 Å². The van der Waals surface area contributed by atoms with Gasteiger partial charge in [-0.25, -0.2) is 9.78 Å². The molecule has 116 valence electrons. The van der Waals surface area contributed by atoms with Crippen LogP contribution in [0.3, 0.4) is 0 Å². The van der Waals surface area contributed by atoms with Crippen molar-refractivity contribution in [2.75, 3.05) is 6.54 Å². The van der Waals surface area contributed by atoms with Crippen LogP contribution >= 0.6 is 0 Å². The number of aryl methyl sites for hydroxylation is 1. The average Bonchev–Trinajstić information content (AvgIpc) is 2.83. The molecular formula is C14H23N5O2. The van der Waals surface area contributed by atoms with E-state index < -0.39 is 0 Å². The molecule has 0 unspecified atom stereocenters. The van der Waals surface area contributed by atoms with Crippen molar-refractivity contribution in [3.8, 4) is 0 Å². The lowest BCUT2D eigenvalue weighted by molar-refractivity contribution is 0.531. The minimum atomic E-state index is -0.294. The van der Waals surface area contributed by atoms with Crippen LogP contribution in [0.5, 0.6) is 0 Å². The maximum atomic E-state index is 12.5. The summed E-state index contributed by atoms with van der Waals surface area (Å²) in [6, 6.07) is -0.0502. The summed E-state index contributed by atoms with van der Waals surface area (Å²) in [4.78, 5) is 29.2. The fraction of sp³-hybridized carbons (Fsp3) is 0.643. The van der Waals surface area contributed by atoms with E-state index in [1.165, 1.54) is 4.57 Å². The predicted octanol–water partition coefficient (Wildman–Crippen LogP) is 0.699. The van der Waals surface area contributed by atoms with E-state index in [1.807, 2.05) is 18.4 Å². The number of fused-ring (bicyclic) bond motifs is 1. The van der Waals surface area contributed by atoms with Gasteiger partial charge < -0.3 is 10.3 Å². The molecule has 0 radical (unpaired) electrons. The Kier molecular flexibility index (Phi) is 4.62. The fourth-order valence-electron chi connectivity index (χ4n) is 2.54. The highest BCUT2D eigenvalue weighted by Crippen LogP contribution is 2.12. The second kappa shape index (κ2) is 6.26. The highest BCUT2D eigenvalue weighted by Gasteiger charge is 2.18. The Balaban J connectivity index is 2.70. The van der Waals surface area contributed by atoms with Crippen molar-refractivity contribution in [2.45, 2.75) is 52.7 Å². The zero-order chi connectivity index (χ0) is 15.6. The van der Waals surface area contributed by atoms with Crippen LogP contribution in [-0.2, 0) is 13.1 Å². The number of nitrogens with zero attached hydrogens (tertiary/aromatic N) is 4. The van der Waals surface area contributed by atoms with Gasteiger partial charge in [-0.3, -0.25) is 13.9 Å². The molecule has 7 heteroatoms. The largest absolute Gasteiger partial charge is 0.332 e. The third-order valence-corrected chi connectivity index (χ3v) is 3.62. The van der Waals surface area contributed by atoms with Gasteiger partial charge in [-0.1, -0.05) is 0 Å². The number of unbranched alkanes of at least 4 members (excludes halogenated alkanes) is 1. The van der Waals surface area contributed by atoms with Crippen molar-refractivity contribution in [1.29, 1.82) is 0 Å². The van der Waals surface area contributed by atoms with Gasteiger partial charge in [0, 0.05) is 19.1 Å². The Labute approximate surface area is 123 Å². The SMILES string of the molecule is CCn1c(=O)c2c(ncn2CCCCN)n(C(C)C)c1=O. The fourth-order valence-corrected chi connectivity index (χ4v) is 2.54. The molecule has 2 aromatic rings. The van der Waals surface area contributed by atoms with Gasteiger partial charge >= 0.3 is 5.69 Å². The quantitative estimate of drug-likeness (QED) is 0.794. The minimum absolute atomic E-state index is 0.0502. The standard InChI is InChI=1S/C14H23N5O2/c1-4-18-13(20)11-12(19(10(2)3)14(18)21)16-9-17(11)8-6-5-7-15/h9-10H,4-8,15H2,1-3H3. The van der Waals surface area contributed by atoms with Gasteiger partial charge in [-0.2, -0.15) is 0 Å². The summed E-state index contributed by atoms with van der Waals surface area (Å²) in [5, 5.41) is 0. The second-order valence-electron chi connectivity index (χ2n) is 5.40. The number of hydrogen-bond acceptors (Lipinski definition) is 4. The first kappa shape index (κ1) is 15.5. The predicted molar refractivity (Wildman–Crippen MR) is 82.6 cm³/mol. The molecule has 0 fully saturated rings. The van der Waals surface area contributed by atoms with E-state index in [0.717, 1.165) is 12.8 Å². The molecule has 0 amide bonds. The number of nitrogens with two attached hydrogens (primary N) is 1.